The minimum Gasteiger partial charge on any atom is -0.458 e. The zero-order valence-electron chi connectivity index (χ0n) is 18.2. The Balaban J connectivity index is 1.44. The number of thiazole rings is 1. The number of carbonyl (C=O) groups is 2. The molecule has 2 amide bonds. The summed E-state index contributed by atoms with van der Waals surface area (Å²) in [5, 5.41) is 8.10. The van der Waals surface area contributed by atoms with Gasteiger partial charge < -0.3 is 15.1 Å². The van der Waals surface area contributed by atoms with Gasteiger partial charge in [0.25, 0.3) is 0 Å². The van der Waals surface area contributed by atoms with Crippen LogP contribution in [0.3, 0.4) is 0 Å². The van der Waals surface area contributed by atoms with Gasteiger partial charge in [0.2, 0.25) is 11.8 Å². The van der Waals surface area contributed by atoms with Crippen molar-refractivity contribution in [2.24, 2.45) is 0 Å². The van der Waals surface area contributed by atoms with Crippen molar-refractivity contribution in [2.45, 2.75) is 57.9 Å². The Morgan fingerprint density at radius 3 is 2.45 bits per heavy atom. The Morgan fingerprint density at radius 2 is 1.84 bits per heavy atom. The zero-order chi connectivity index (χ0) is 22.2. The fourth-order valence-electron chi connectivity index (χ4n) is 3.54. The van der Waals surface area contributed by atoms with Crippen LogP contribution in [0.1, 0.15) is 57.4 Å². The van der Waals surface area contributed by atoms with Gasteiger partial charge in [-0.15, -0.1) is 11.3 Å². The van der Waals surface area contributed by atoms with Gasteiger partial charge in [0, 0.05) is 12.3 Å². The highest BCUT2D eigenvalue weighted by atomic mass is 32.1. The quantitative estimate of drug-likeness (QED) is 0.568. The van der Waals surface area contributed by atoms with Crippen molar-refractivity contribution in [1.29, 1.82) is 0 Å². The van der Waals surface area contributed by atoms with E-state index in [2.05, 4.69) is 60.7 Å². The van der Waals surface area contributed by atoms with E-state index in [-0.39, 0.29) is 17.2 Å². The summed E-state index contributed by atoms with van der Waals surface area (Å²) in [4.78, 5) is 28.6. The fourth-order valence-corrected chi connectivity index (χ4v) is 4.24. The topological polar surface area (TPSA) is 84.2 Å². The standard InChI is InChI=1S/C24H27N3O3S/c1-15(28)25-13-18-9-10-20(30-18)19-14-31-22(26-19)27-21(29)24(11-12-24)17-7-5-16(6-8-17)23(2,3)4/h5-10,14H,11-13H2,1-4H3,(H,25,28)(H,26,27,29). The molecule has 0 aliphatic heterocycles. The first-order chi connectivity index (χ1) is 14.7. The number of aromatic nitrogens is 1. The van der Waals surface area contributed by atoms with Crippen LogP contribution in [-0.4, -0.2) is 16.8 Å². The number of rotatable bonds is 6. The zero-order valence-corrected chi connectivity index (χ0v) is 19.1. The van der Waals surface area contributed by atoms with Crippen LogP contribution in [0.2, 0.25) is 0 Å². The molecule has 3 aromatic rings. The van der Waals surface area contributed by atoms with Crippen molar-refractivity contribution >= 4 is 28.3 Å². The van der Waals surface area contributed by atoms with Crippen molar-refractivity contribution in [3.8, 4) is 11.5 Å². The highest BCUT2D eigenvalue weighted by Gasteiger charge is 2.51. The molecule has 0 unspecified atom stereocenters. The second kappa shape index (κ2) is 7.96. The lowest BCUT2D eigenvalue weighted by atomic mass is 9.85. The molecular formula is C24H27N3O3S. The smallest absolute Gasteiger partial charge is 0.236 e. The minimum atomic E-state index is -0.460. The molecule has 1 aromatic carbocycles. The van der Waals surface area contributed by atoms with Gasteiger partial charge in [0.1, 0.15) is 11.5 Å². The molecule has 1 saturated carbocycles. The molecule has 2 heterocycles. The van der Waals surface area contributed by atoms with Gasteiger partial charge in [0.05, 0.1) is 12.0 Å². The van der Waals surface area contributed by atoms with Gasteiger partial charge in [-0.2, -0.15) is 0 Å². The molecular weight excluding hydrogens is 410 g/mol. The number of hydrogen-bond acceptors (Lipinski definition) is 5. The lowest BCUT2D eigenvalue weighted by molar-refractivity contribution is -0.119. The Bertz CT molecular complexity index is 1100. The maximum absolute atomic E-state index is 13.1. The molecule has 2 N–H and O–H groups in total. The molecule has 2 aromatic heterocycles. The number of benzene rings is 1. The molecule has 1 fully saturated rings. The van der Waals surface area contributed by atoms with Crippen LogP contribution in [0.5, 0.6) is 0 Å². The van der Waals surface area contributed by atoms with Crippen LogP contribution in [0.15, 0.2) is 46.2 Å². The summed E-state index contributed by atoms with van der Waals surface area (Å²) in [7, 11) is 0. The molecule has 1 aliphatic rings. The van der Waals surface area contributed by atoms with Gasteiger partial charge >= 0.3 is 0 Å². The van der Waals surface area contributed by atoms with Crippen molar-refractivity contribution in [3.05, 3.63) is 58.7 Å². The van der Waals surface area contributed by atoms with Crippen molar-refractivity contribution in [1.82, 2.24) is 10.3 Å². The normalized spacial score (nSPS) is 14.8. The lowest BCUT2D eigenvalue weighted by Crippen LogP contribution is -2.28. The number of anilines is 1. The largest absolute Gasteiger partial charge is 0.458 e. The summed E-state index contributed by atoms with van der Waals surface area (Å²) in [6.07, 6.45) is 1.69. The second-order valence-corrected chi connectivity index (χ2v) is 9.94. The van der Waals surface area contributed by atoms with E-state index in [1.54, 1.807) is 0 Å². The molecule has 1 aliphatic carbocycles. The van der Waals surface area contributed by atoms with Crippen LogP contribution in [0.4, 0.5) is 5.13 Å². The molecule has 6 nitrogen and oxygen atoms in total. The molecule has 0 saturated heterocycles. The maximum Gasteiger partial charge on any atom is 0.236 e. The van der Waals surface area contributed by atoms with Crippen LogP contribution < -0.4 is 10.6 Å². The second-order valence-electron chi connectivity index (χ2n) is 9.08. The van der Waals surface area contributed by atoms with E-state index >= 15 is 0 Å². The number of furan rings is 1. The third kappa shape index (κ3) is 4.56. The molecule has 162 valence electrons. The highest BCUT2D eigenvalue weighted by Crippen LogP contribution is 2.49. The predicted molar refractivity (Wildman–Crippen MR) is 122 cm³/mol. The highest BCUT2D eigenvalue weighted by molar-refractivity contribution is 7.14. The van der Waals surface area contributed by atoms with Crippen LogP contribution in [0.25, 0.3) is 11.5 Å². The average Bonchev–Trinajstić information content (AvgIpc) is 3.17. The number of hydrogen-bond donors (Lipinski definition) is 2. The molecule has 4 rings (SSSR count). The van der Waals surface area contributed by atoms with E-state index in [0.29, 0.717) is 28.9 Å². The summed E-state index contributed by atoms with van der Waals surface area (Å²) in [5.74, 6) is 1.14. The van der Waals surface area contributed by atoms with Gasteiger partial charge in [-0.1, -0.05) is 45.0 Å². The summed E-state index contributed by atoms with van der Waals surface area (Å²) in [5.41, 5.74) is 2.60. The van der Waals surface area contributed by atoms with E-state index < -0.39 is 5.41 Å². The van der Waals surface area contributed by atoms with Gasteiger partial charge in [0.15, 0.2) is 10.9 Å². The summed E-state index contributed by atoms with van der Waals surface area (Å²) >= 11 is 1.37. The number of nitrogens with one attached hydrogen (secondary N) is 2. The first-order valence-corrected chi connectivity index (χ1v) is 11.3. The van der Waals surface area contributed by atoms with Gasteiger partial charge in [-0.25, -0.2) is 4.98 Å². The molecule has 31 heavy (non-hydrogen) atoms. The average molecular weight is 438 g/mol. The first-order valence-electron chi connectivity index (χ1n) is 10.4. The maximum atomic E-state index is 13.1. The fraction of sp³-hybridized carbons (Fsp3) is 0.375. The Hall–Kier alpha value is -2.93. The molecule has 7 heteroatoms. The van der Waals surface area contributed by atoms with Crippen LogP contribution >= 0.6 is 11.3 Å². The third-order valence-corrected chi connectivity index (χ3v) is 6.40. The molecule has 0 bridgehead atoms. The van der Waals surface area contributed by atoms with E-state index in [1.165, 1.54) is 23.8 Å². The SMILES string of the molecule is CC(=O)NCc1ccc(-c2csc(NC(=O)C3(c4ccc(C(C)(C)C)cc4)CC3)n2)o1. The van der Waals surface area contributed by atoms with Gasteiger partial charge in [-0.05, 0) is 41.5 Å². The van der Waals surface area contributed by atoms with Crippen molar-refractivity contribution in [2.75, 3.05) is 5.32 Å². The molecule has 0 atom stereocenters. The predicted octanol–water partition coefficient (Wildman–Crippen LogP) is 5.01. The lowest BCUT2D eigenvalue weighted by Gasteiger charge is -2.21. The molecule has 0 radical (unpaired) electrons. The number of carbonyl (C=O) groups excluding carboxylic acids is 2. The Morgan fingerprint density at radius 1 is 1.13 bits per heavy atom. The van der Waals surface area contributed by atoms with E-state index in [9.17, 15) is 9.59 Å². The van der Waals surface area contributed by atoms with E-state index in [0.717, 1.165) is 18.4 Å². The Kier molecular flexibility index (Phi) is 5.47. The monoisotopic (exact) mass is 437 g/mol. The molecule has 0 spiro atoms. The minimum absolute atomic E-state index is 0.0114. The van der Waals surface area contributed by atoms with Gasteiger partial charge in [-0.3, -0.25) is 9.59 Å². The summed E-state index contributed by atoms with van der Waals surface area (Å²) < 4.78 is 5.74. The summed E-state index contributed by atoms with van der Waals surface area (Å²) in [6, 6.07) is 12.0. The van der Waals surface area contributed by atoms with Crippen LogP contribution in [0, 0.1) is 0 Å². The van der Waals surface area contributed by atoms with Crippen molar-refractivity contribution in [3.63, 3.8) is 0 Å². The number of amides is 2. The van der Waals surface area contributed by atoms with E-state index in [4.69, 9.17) is 4.42 Å². The van der Waals surface area contributed by atoms with Crippen molar-refractivity contribution < 1.29 is 14.0 Å². The Labute approximate surface area is 186 Å². The van der Waals surface area contributed by atoms with E-state index in [1.807, 2.05) is 17.5 Å². The van der Waals surface area contributed by atoms with Crippen LogP contribution in [-0.2, 0) is 27.0 Å². The number of nitrogens with zero attached hydrogens (tertiary/aromatic N) is 1. The third-order valence-electron chi connectivity index (χ3n) is 5.64. The summed E-state index contributed by atoms with van der Waals surface area (Å²) in [6.45, 7) is 8.35. The first kappa shape index (κ1) is 21.3.